The third-order valence-electron chi connectivity index (χ3n) is 5.59. The molecular formula is C26H22F3N5O2. The number of nitrogens with zero attached hydrogens (tertiary/aromatic N) is 4. The van der Waals surface area contributed by atoms with Crippen LogP contribution in [0.4, 0.5) is 18.9 Å². The number of benzene rings is 3. The third-order valence-corrected chi connectivity index (χ3v) is 5.59. The van der Waals surface area contributed by atoms with Gasteiger partial charge >= 0.3 is 6.36 Å². The number of ether oxygens (including phenoxy) is 2. The third kappa shape index (κ3) is 5.65. The topological polar surface area (TPSA) is 73.6 Å². The van der Waals surface area contributed by atoms with Crippen molar-refractivity contribution >= 4 is 11.7 Å². The van der Waals surface area contributed by atoms with Gasteiger partial charge in [0.2, 0.25) is 0 Å². The van der Waals surface area contributed by atoms with Crippen LogP contribution in [-0.2, 0) is 4.74 Å². The summed E-state index contributed by atoms with van der Waals surface area (Å²) < 4.78 is 48.1. The Labute approximate surface area is 205 Å². The summed E-state index contributed by atoms with van der Waals surface area (Å²) in [6.45, 7) is 2.63. The summed E-state index contributed by atoms with van der Waals surface area (Å²) in [6, 6.07) is 21.8. The van der Waals surface area contributed by atoms with Crippen LogP contribution in [0.25, 0.3) is 17.1 Å². The Morgan fingerprint density at radius 3 is 2.39 bits per heavy atom. The zero-order chi connectivity index (χ0) is 25.1. The number of rotatable bonds is 5. The normalized spacial score (nSPS) is 15.7. The Kier molecular flexibility index (Phi) is 6.32. The maximum Gasteiger partial charge on any atom is 0.573 e. The van der Waals surface area contributed by atoms with Crippen molar-refractivity contribution in [2.45, 2.75) is 25.7 Å². The summed E-state index contributed by atoms with van der Waals surface area (Å²) in [5.74, 6) is 0.175. The zero-order valence-electron chi connectivity index (χ0n) is 19.2. The summed E-state index contributed by atoms with van der Waals surface area (Å²) in [5.41, 5.74) is 4.50. The van der Waals surface area contributed by atoms with Crippen molar-refractivity contribution in [3.63, 3.8) is 0 Å². The van der Waals surface area contributed by atoms with E-state index in [1.807, 2.05) is 24.3 Å². The largest absolute Gasteiger partial charge is 0.573 e. The predicted molar refractivity (Wildman–Crippen MR) is 129 cm³/mol. The van der Waals surface area contributed by atoms with Gasteiger partial charge in [-0.05, 0) is 61.0 Å². The van der Waals surface area contributed by atoms with Crippen LogP contribution in [-0.4, -0.2) is 33.8 Å². The molecule has 0 aliphatic carbocycles. The van der Waals surface area contributed by atoms with Crippen LogP contribution in [0, 0.1) is 6.92 Å². The lowest BCUT2D eigenvalue weighted by Crippen LogP contribution is -2.23. The average molecular weight is 493 g/mol. The number of alkyl halides is 3. The lowest BCUT2D eigenvalue weighted by molar-refractivity contribution is -0.274. The first kappa shape index (κ1) is 23.4. The van der Waals surface area contributed by atoms with E-state index in [0.717, 1.165) is 23.2 Å². The number of halogens is 3. The van der Waals surface area contributed by atoms with E-state index in [9.17, 15) is 13.2 Å². The lowest BCUT2D eigenvalue weighted by Gasteiger charge is -2.22. The molecule has 184 valence electrons. The minimum atomic E-state index is -4.73. The molecule has 0 saturated carbocycles. The highest BCUT2D eigenvalue weighted by Gasteiger charge is 2.31. The summed E-state index contributed by atoms with van der Waals surface area (Å²) in [6.07, 6.45) is -2.42. The standard InChI is InChI=1S/C26H22F3N5O2/c1-17-2-4-18(5-3-17)23-14-15-35-25(32-23)31-20-8-6-19(7-9-20)24-30-16-34(33-24)21-10-12-22(13-11-21)36-26(27,28)29/h2-13,16,23H,14-15H2,1H3,(H,31,32). The maximum absolute atomic E-state index is 12.3. The number of hydrogen-bond donors (Lipinski definition) is 1. The van der Waals surface area contributed by atoms with Gasteiger partial charge in [0.25, 0.3) is 6.02 Å². The Morgan fingerprint density at radius 2 is 1.69 bits per heavy atom. The predicted octanol–water partition coefficient (Wildman–Crippen LogP) is 6.07. The molecule has 0 saturated heterocycles. The number of anilines is 1. The molecule has 0 amide bonds. The molecule has 0 bridgehead atoms. The van der Waals surface area contributed by atoms with Crippen molar-refractivity contribution < 1.29 is 22.6 Å². The lowest BCUT2D eigenvalue weighted by atomic mass is 10.0. The monoisotopic (exact) mass is 493 g/mol. The van der Waals surface area contributed by atoms with Gasteiger partial charge in [0.05, 0.1) is 18.3 Å². The van der Waals surface area contributed by atoms with Crippen LogP contribution in [0.1, 0.15) is 23.6 Å². The molecule has 2 heterocycles. The van der Waals surface area contributed by atoms with Crippen LogP contribution in [0.2, 0.25) is 0 Å². The molecule has 3 aromatic carbocycles. The molecule has 0 spiro atoms. The van der Waals surface area contributed by atoms with E-state index in [1.54, 1.807) is 0 Å². The molecule has 7 nitrogen and oxygen atoms in total. The summed E-state index contributed by atoms with van der Waals surface area (Å²) in [5, 5.41) is 7.64. The Balaban J connectivity index is 1.25. The fourth-order valence-corrected chi connectivity index (χ4v) is 3.76. The highest BCUT2D eigenvalue weighted by atomic mass is 19.4. The van der Waals surface area contributed by atoms with Crippen LogP contribution < -0.4 is 10.1 Å². The zero-order valence-corrected chi connectivity index (χ0v) is 19.2. The molecule has 0 radical (unpaired) electrons. The first-order valence-electron chi connectivity index (χ1n) is 11.2. The highest BCUT2D eigenvalue weighted by Crippen LogP contribution is 2.27. The quantitative estimate of drug-likeness (QED) is 0.365. The molecule has 1 atom stereocenters. The van der Waals surface area contributed by atoms with Gasteiger partial charge in [-0.25, -0.2) is 14.7 Å². The second kappa shape index (κ2) is 9.73. The number of aromatic nitrogens is 3. The van der Waals surface area contributed by atoms with Crippen molar-refractivity contribution in [1.82, 2.24) is 14.8 Å². The Bertz CT molecular complexity index is 1350. The highest BCUT2D eigenvalue weighted by molar-refractivity contribution is 5.89. The molecule has 36 heavy (non-hydrogen) atoms. The van der Waals surface area contributed by atoms with Crippen molar-refractivity contribution in [2.24, 2.45) is 4.99 Å². The van der Waals surface area contributed by atoms with Crippen molar-refractivity contribution in [1.29, 1.82) is 0 Å². The molecule has 1 aromatic heterocycles. The van der Waals surface area contributed by atoms with E-state index in [4.69, 9.17) is 9.73 Å². The summed E-state index contributed by atoms with van der Waals surface area (Å²) in [4.78, 5) is 9.02. The van der Waals surface area contributed by atoms with E-state index >= 15 is 0 Å². The van der Waals surface area contributed by atoms with Crippen LogP contribution in [0.3, 0.4) is 0 Å². The van der Waals surface area contributed by atoms with Crippen LogP contribution >= 0.6 is 0 Å². The van der Waals surface area contributed by atoms with E-state index in [-0.39, 0.29) is 11.8 Å². The van der Waals surface area contributed by atoms with Crippen LogP contribution in [0.5, 0.6) is 5.75 Å². The molecule has 0 fully saturated rings. The molecule has 5 rings (SSSR count). The molecule has 1 aliphatic rings. The van der Waals surface area contributed by atoms with Gasteiger partial charge in [-0.15, -0.1) is 18.3 Å². The van der Waals surface area contributed by atoms with Gasteiger partial charge < -0.3 is 14.8 Å². The fourth-order valence-electron chi connectivity index (χ4n) is 3.76. The van der Waals surface area contributed by atoms with Crippen molar-refractivity contribution in [3.8, 4) is 22.8 Å². The number of hydrogen-bond acceptors (Lipinski definition) is 6. The number of amidine groups is 1. The van der Waals surface area contributed by atoms with Crippen LogP contribution in [0.15, 0.2) is 84.1 Å². The molecule has 4 aromatic rings. The van der Waals surface area contributed by atoms with Gasteiger partial charge in [-0.2, -0.15) is 0 Å². The smallest absolute Gasteiger partial charge is 0.465 e. The van der Waals surface area contributed by atoms with Crippen molar-refractivity contribution in [2.75, 3.05) is 11.9 Å². The molecule has 1 N–H and O–H groups in total. The summed E-state index contributed by atoms with van der Waals surface area (Å²) >= 11 is 0. The average Bonchev–Trinajstić information content (AvgIpc) is 3.35. The van der Waals surface area contributed by atoms with Gasteiger partial charge in [0, 0.05) is 17.7 Å². The molecule has 1 aliphatic heterocycles. The molecular weight excluding hydrogens is 471 g/mol. The van der Waals surface area contributed by atoms with Gasteiger partial charge in [-0.3, -0.25) is 0 Å². The van der Waals surface area contributed by atoms with E-state index in [1.165, 1.54) is 40.8 Å². The SMILES string of the molecule is Cc1ccc(C2CCOC(Nc3ccc(-c4ncn(-c5ccc(OC(F)(F)F)cc5)n4)cc3)=N2)cc1. The van der Waals surface area contributed by atoms with Gasteiger partial charge in [0.15, 0.2) is 5.82 Å². The fraction of sp³-hybridized carbons (Fsp3) is 0.192. The second-order valence-corrected chi connectivity index (χ2v) is 8.25. The first-order chi connectivity index (χ1) is 17.3. The molecule has 1 unspecified atom stereocenters. The first-order valence-corrected chi connectivity index (χ1v) is 11.2. The minimum absolute atomic E-state index is 0.0448. The van der Waals surface area contributed by atoms with Crippen molar-refractivity contribution in [3.05, 3.63) is 90.3 Å². The van der Waals surface area contributed by atoms with Gasteiger partial charge in [0.1, 0.15) is 12.1 Å². The number of aliphatic imine (C=N–C) groups is 1. The van der Waals surface area contributed by atoms with Gasteiger partial charge in [-0.1, -0.05) is 29.8 Å². The maximum atomic E-state index is 12.3. The minimum Gasteiger partial charge on any atom is -0.465 e. The van der Waals surface area contributed by atoms with E-state index in [2.05, 4.69) is 51.3 Å². The molecule has 10 heteroatoms. The van der Waals surface area contributed by atoms with E-state index in [0.29, 0.717) is 24.1 Å². The Hall–Kier alpha value is -4.34. The Morgan fingerprint density at radius 1 is 0.972 bits per heavy atom. The van der Waals surface area contributed by atoms with E-state index < -0.39 is 6.36 Å². The second-order valence-electron chi connectivity index (χ2n) is 8.25. The number of nitrogens with one attached hydrogen (secondary N) is 1. The summed E-state index contributed by atoms with van der Waals surface area (Å²) in [7, 11) is 0. The number of aryl methyl sites for hydroxylation is 1.